The van der Waals surface area contributed by atoms with E-state index >= 15 is 0 Å². The van der Waals surface area contributed by atoms with Gasteiger partial charge in [0.15, 0.2) is 0 Å². The molecule has 1 N–H and O–H groups in total. The van der Waals surface area contributed by atoms with Gasteiger partial charge in [0.05, 0.1) is 12.9 Å². The van der Waals surface area contributed by atoms with Crippen molar-refractivity contribution in [1.82, 2.24) is 19.8 Å². The SMILES string of the molecule is COCCOC(=O)N1CCCC2(CCC(=O)N(CCc3cnc[nH]3)C2)C1. The molecule has 1 atom stereocenters. The Balaban J connectivity index is 1.57. The number of ether oxygens (including phenoxy) is 2. The standard InChI is InChI=1S/C18H28N4O4/c1-25-9-10-26-17(24)22-7-2-5-18(13-22)6-3-16(23)21(12-18)8-4-15-11-19-14-20-15/h11,14H,2-10,12-13H2,1H3,(H,19,20). The van der Waals surface area contributed by atoms with Crippen molar-refractivity contribution in [2.24, 2.45) is 5.41 Å². The molecular weight excluding hydrogens is 336 g/mol. The molecule has 0 aromatic carbocycles. The minimum absolute atomic E-state index is 0.0135. The van der Waals surface area contributed by atoms with Crippen molar-refractivity contribution in [1.29, 1.82) is 0 Å². The van der Waals surface area contributed by atoms with Crippen LogP contribution in [0.25, 0.3) is 0 Å². The highest BCUT2D eigenvalue weighted by Crippen LogP contribution is 2.39. The Morgan fingerprint density at radius 1 is 1.35 bits per heavy atom. The zero-order valence-electron chi connectivity index (χ0n) is 15.4. The molecule has 0 radical (unpaired) electrons. The maximum absolute atomic E-state index is 12.4. The Labute approximate surface area is 153 Å². The molecule has 2 aliphatic rings. The molecule has 0 saturated carbocycles. The van der Waals surface area contributed by atoms with Gasteiger partial charge in [0.25, 0.3) is 0 Å². The number of likely N-dealkylation sites (tertiary alicyclic amines) is 2. The minimum Gasteiger partial charge on any atom is -0.447 e. The van der Waals surface area contributed by atoms with E-state index in [9.17, 15) is 9.59 Å². The van der Waals surface area contributed by atoms with Crippen molar-refractivity contribution >= 4 is 12.0 Å². The van der Waals surface area contributed by atoms with Crippen LogP contribution < -0.4 is 0 Å². The number of hydrogen-bond donors (Lipinski definition) is 1. The maximum atomic E-state index is 12.4. The number of rotatable bonds is 6. The van der Waals surface area contributed by atoms with Crippen LogP contribution in [-0.4, -0.2) is 78.3 Å². The summed E-state index contributed by atoms with van der Waals surface area (Å²) >= 11 is 0. The summed E-state index contributed by atoms with van der Waals surface area (Å²) in [4.78, 5) is 35.5. The van der Waals surface area contributed by atoms with Crippen molar-refractivity contribution in [3.8, 4) is 0 Å². The van der Waals surface area contributed by atoms with Gasteiger partial charge in [-0.1, -0.05) is 0 Å². The number of amides is 2. The number of aromatic nitrogens is 2. The summed E-state index contributed by atoms with van der Waals surface area (Å²) in [7, 11) is 1.58. The van der Waals surface area contributed by atoms with Crippen LogP contribution in [0.15, 0.2) is 12.5 Å². The molecule has 8 nitrogen and oxygen atoms in total. The second kappa shape index (κ2) is 8.53. The number of hydrogen-bond acceptors (Lipinski definition) is 5. The number of H-pyrrole nitrogens is 1. The van der Waals surface area contributed by atoms with Gasteiger partial charge >= 0.3 is 6.09 Å². The lowest BCUT2D eigenvalue weighted by atomic mass is 9.73. The molecule has 1 aromatic rings. The normalized spacial score (nSPS) is 23.5. The zero-order valence-corrected chi connectivity index (χ0v) is 15.4. The van der Waals surface area contributed by atoms with E-state index in [4.69, 9.17) is 9.47 Å². The number of nitrogens with zero attached hydrogens (tertiary/aromatic N) is 3. The quantitative estimate of drug-likeness (QED) is 0.772. The fraction of sp³-hybridized carbons (Fsp3) is 0.722. The zero-order chi connectivity index (χ0) is 18.4. The number of aromatic amines is 1. The first-order valence-electron chi connectivity index (χ1n) is 9.28. The number of methoxy groups -OCH3 is 1. The Bertz CT molecular complexity index is 606. The first kappa shape index (κ1) is 18.7. The van der Waals surface area contributed by atoms with E-state index in [0.29, 0.717) is 32.7 Å². The second-order valence-corrected chi connectivity index (χ2v) is 7.27. The molecule has 0 bridgehead atoms. The molecule has 3 rings (SSSR count). The third kappa shape index (κ3) is 4.55. The van der Waals surface area contributed by atoms with E-state index in [1.165, 1.54) is 0 Å². The third-order valence-electron chi connectivity index (χ3n) is 5.39. The van der Waals surface area contributed by atoms with Gasteiger partial charge in [-0.3, -0.25) is 4.79 Å². The molecule has 2 fully saturated rings. The number of carbonyl (C=O) groups excluding carboxylic acids is 2. The highest BCUT2D eigenvalue weighted by atomic mass is 16.6. The summed E-state index contributed by atoms with van der Waals surface area (Å²) in [5.41, 5.74) is 1.02. The second-order valence-electron chi connectivity index (χ2n) is 7.27. The fourth-order valence-corrected chi connectivity index (χ4v) is 3.98. The van der Waals surface area contributed by atoms with Crippen LogP contribution in [0.1, 0.15) is 31.4 Å². The summed E-state index contributed by atoms with van der Waals surface area (Å²) in [6, 6.07) is 0. The highest BCUT2D eigenvalue weighted by molar-refractivity contribution is 5.77. The molecule has 2 amide bonds. The molecule has 2 aliphatic heterocycles. The van der Waals surface area contributed by atoms with Crippen LogP contribution in [0, 0.1) is 5.41 Å². The first-order chi connectivity index (χ1) is 12.6. The van der Waals surface area contributed by atoms with Crippen LogP contribution >= 0.6 is 0 Å². The molecular formula is C18H28N4O4. The topological polar surface area (TPSA) is 87.8 Å². The predicted octanol–water partition coefficient (Wildman–Crippen LogP) is 1.44. The molecule has 1 aromatic heterocycles. The van der Waals surface area contributed by atoms with Gasteiger partial charge in [0, 0.05) is 63.4 Å². The molecule has 1 unspecified atom stereocenters. The largest absolute Gasteiger partial charge is 0.447 e. The average Bonchev–Trinajstić information content (AvgIpc) is 3.16. The maximum Gasteiger partial charge on any atom is 0.409 e. The summed E-state index contributed by atoms with van der Waals surface area (Å²) < 4.78 is 10.2. The van der Waals surface area contributed by atoms with Crippen LogP contribution in [0.3, 0.4) is 0 Å². The van der Waals surface area contributed by atoms with Crippen molar-refractivity contribution in [3.05, 3.63) is 18.2 Å². The van der Waals surface area contributed by atoms with Crippen LogP contribution in [-0.2, 0) is 20.7 Å². The molecule has 144 valence electrons. The van der Waals surface area contributed by atoms with Crippen LogP contribution in [0.4, 0.5) is 4.79 Å². The Hall–Kier alpha value is -2.09. The lowest BCUT2D eigenvalue weighted by Gasteiger charge is -2.47. The van der Waals surface area contributed by atoms with E-state index in [2.05, 4.69) is 9.97 Å². The van der Waals surface area contributed by atoms with E-state index in [1.54, 1.807) is 24.5 Å². The Morgan fingerprint density at radius 2 is 2.23 bits per heavy atom. The van der Waals surface area contributed by atoms with E-state index in [-0.39, 0.29) is 24.0 Å². The monoisotopic (exact) mass is 364 g/mol. The minimum atomic E-state index is -0.276. The van der Waals surface area contributed by atoms with E-state index in [0.717, 1.165) is 37.9 Å². The Morgan fingerprint density at radius 3 is 3.00 bits per heavy atom. The average molecular weight is 364 g/mol. The lowest BCUT2D eigenvalue weighted by molar-refractivity contribution is -0.139. The smallest absolute Gasteiger partial charge is 0.409 e. The van der Waals surface area contributed by atoms with Gasteiger partial charge in [-0.2, -0.15) is 0 Å². The number of carbonyl (C=O) groups is 2. The molecule has 2 saturated heterocycles. The molecule has 1 spiro atoms. The van der Waals surface area contributed by atoms with Crippen molar-refractivity contribution < 1.29 is 19.1 Å². The van der Waals surface area contributed by atoms with E-state index in [1.807, 2.05) is 4.90 Å². The highest BCUT2D eigenvalue weighted by Gasteiger charge is 2.42. The van der Waals surface area contributed by atoms with Crippen LogP contribution in [0.5, 0.6) is 0 Å². The van der Waals surface area contributed by atoms with Gasteiger partial charge in [0.2, 0.25) is 5.91 Å². The van der Waals surface area contributed by atoms with Gasteiger partial charge in [-0.15, -0.1) is 0 Å². The molecule has 3 heterocycles. The third-order valence-corrected chi connectivity index (χ3v) is 5.39. The van der Waals surface area contributed by atoms with Gasteiger partial charge < -0.3 is 24.3 Å². The lowest BCUT2D eigenvalue weighted by Crippen LogP contribution is -2.55. The van der Waals surface area contributed by atoms with Crippen molar-refractivity contribution in [3.63, 3.8) is 0 Å². The van der Waals surface area contributed by atoms with Crippen LogP contribution in [0.2, 0.25) is 0 Å². The molecule has 8 heteroatoms. The van der Waals surface area contributed by atoms with Gasteiger partial charge in [0.1, 0.15) is 6.61 Å². The fourth-order valence-electron chi connectivity index (χ4n) is 3.98. The molecule has 0 aliphatic carbocycles. The number of piperidine rings is 2. The Kier molecular flexibility index (Phi) is 6.13. The summed E-state index contributed by atoms with van der Waals surface area (Å²) in [6.45, 7) is 3.44. The number of imidazole rings is 1. The first-order valence-corrected chi connectivity index (χ1v) is 9.28. The summed E-state index contributed by atoms with van der Waals surface area (Å²) in [6.07, 6.45) is 7.33. The summed E-state index contributed by atoms with van der Waals surface area (Å²) in [5, 5.41) is 0. The van der Waals surface area contributed by atoms with Crippen molar-refractivity contribution in [2.75, 3.05) is 46.5 Å². The predicted molar refractivity (Wildman–Crippen MR) is 94.6 cm³/mol. The molecule has 26 heavy (non-hydrogen) atoms. The summed E-state index contributed by atoms with van der Waals surface area (Å²) in [5.74, 6) is 0.204. The van der Waals surface area contributed by atoms with Crippen molar-refractivity contribution in [2.45, 2.75) is 32.1 Å². The van der Waals surface area contributed by atoms with Gasteiger partial charge in [-0.25, -0.2) is 9.78 Å². The van der Waals surface area contributed by atoms with Gasteiger partial charge in [-0.05, 0) is 19.3 Å². The number of nitrogens with one attached hydrogen (secondary N) is 1. The van der Waals surface area contributed by atoms with E-state index < -0.39 is 0 Å².